The van der Waals surface area contributed by atoms with Gasteiger partial charge in [0.15, 0.2) is 0 Å². The number of fused-ring (bicyclic) bond motifs is 1. The highest BCUT2D eigenvalue weighted by molar-refractivity contribution is 7.83. The van der Waals surface area contributed by atoms with Gasteiger partial charge in [-0.15, -0.1) is 0 Å². The van der Waals surface area contributed by atoms with Crippen LogP contribution in [0.2, 0.25) is 0 Å². The van der Waals surface area contributed by atoms with Gasteiger partial charge in [0.1, 0.15) is 11.0 Å². The second kappa shape index (κ2) is 3.24. The highest BCUT2D eigenvalue weighted by atomic mass is 32.2. The highest BCUT2D eigenvalue weighted by Gasteiger charge is 2.28. The van der Waals surface area contributed by atoms with Crippen LogP contribution in [0, 0.1) is 5.92 Å². The van der Waals surface area contributed by atoms with E-state index in [9.17, 15) is 4.21 Å². The Balaban J connectivity index is 2.47. The largest absolute Gasteiger partial charge is 0.237 e. The molecule has 1 N–H and O–H groups in total. The van der Waals surface area contributed by atoms with Gasteiger partial charge in [0.25, 0.3) is 0 Å². The molecule has 0 fully saturated rings. The molecule has 70 valence electrons. The molecular weight excluding hydrogens is 182 g/mol. The Hall–Kier alpha value is -0.670. The zero-order valence-corrected chi connectivity index (χ0v) is 8.60. The van der Waals surface area contributed by atoms with Crippen LogP contribution in [0.25, 0.3) is 0 Å². The van der Waals surface area contributed by atoms with Crippen molar-refractivity contribution in [2.75, 3.05) is 0 Å². The normalized spacial score (nSPS) is 26.4. The van der Waals surface area contributed by atoms with Crippen molar-refractivity contribution in [3.05, 3.63) is 29.8 Å². The van der Waals surface area contributed by atoms with E-state index in [0.717, 1.165) is 4.90 Å². The third kappa shape index (κ3) is 1.42. The molecule has 13 heavy (non-hydrogen) atoms. The van der Waals surface area contributed by atoms with Gasteiger partial charge in [0, 0.05) is 6.04 Å². The first-order valence-electron chi connectivity index (χ1n) is 4.47. The highest BCUT2D eigenvalue weighted by Crippen LogP contribution is 2.32. The Labute approximate surface area is 80.9 Å². The summed E-state index contributed by atoms with van der Waals surface area (Å²) in [6.07, 6.45) is 0. The monoisotopic (exact) mass is 195 g/mol. The summed E-state index contributed by atoms with van der Waals surface area (Å²) in [6.45, 7) is 4.27. The van der Waals surface area contributed by atoms with Crippen LogP contribution < -0.4 is 4.72 Å². The van der Waals surface area contributed by atoms with E-state index in [0.29, 0.717) is 5.92 Å². The fourth-order valence-corrected chi connectivity index (χ4v) is 3.01. The van der Waals surface area contributed by atoms with Crippen molar-refractivity contribution in [2.45, 2.75) is 24.8 Å². The van der Waals surface area contributed by atoms with E-state index in [-0.39, 0.29) is 6.04 Å². The van der Waals surface area contributed by atoms with E-state index >= 15 is 0 Å². The molecule has 3 heteroatoms. The van der Waals surface area contributed by atoms with Gasteiger partial charge in [0.05, 0.1) is 4.90 Å². The predicted molar refractivity (Wildman–Crippen MR) is 53.6 cm³/mol. The molecule has 0 saturated carbocycles. The lowest BCUT2D eigenvalue weighted by atomic mass is 9.97. The summed E-state index contributed by atoms with van der Waals surface area (Å²) in [7, 11) is -0.998. The quantitative estimate of drug-likeness (QED) is 0.729. The van der Waals surface area contributed by atoms with E-state index in [1.165, 1.54) is 5.56 Å². The Morgan fingerprint density at radius 3 is 2.77 bits per heavy atom. The average Bonchev–Trinajstić information content (AvgIpc) is 2.45. The molecule has 2 rings (SSSR count). The molecule has 0 amide bonds. The van der Waals surface area contributed by atoms with Gasteiger partial charge >= 0.3 is 0 Å². The maximum absolute atomic E-state index is 11.6. The van der Waals surface area contributed by atoms with Crippen molar-refractivity contribution < 1.29 is 4.21 Å². The van der Waals surface area contributed by atoms with Crippen LogP contribution in [-0.2, 0) is 11.0 Å². The molecule has 1 heterocycles. The molecule has 1 aliphatic rings. The molecule has 1 unspecified atom stereocenters. The topological polar surface area (TPSA) is 29.1 Å². The second-order valence-electron chi connectivity index (χ2n) is 3.65. The predicted octanol–water partition coefficient (Wildman–Crippen LogP) is 2.01. The molecule has 0 aliphatic carbocycles. The van der Waals surface area contributed by atoms with Crippen molar-refractivity contribution in [3.63, 3.8) is 0 Å². The number of hydrogen-bond acceptors (Lipinski definition) is 1. The van der Waals surface area contributed by atoms with E-state index in [2.05, 4.69) is 24.6 Å². The summed E-state index contributed by atoms with van der Waals surface area (Å²) < 4.78 is 14.7. The number of hydrogen-bond donors (Lipinski definition) is 1. The first-order valence-corrected chi connectivity index (χ1v) is 5.62. The van der Waals surface area contributed by atoms with Crippen molar-refractivity contribution in [1.29, 1.82) is 0 Å². The summed E-state index contributed by atoms with van der Waals surface area (Å²) in [5, 5.41) is 0. The number of nitrogens with one attached hydrogen (secondary N) is 1. The second-order valence-corrected chi connectivity index (χ2v) is 4.86. The van der Waals surface area contributed by atoms with Gasteiger partial charge in [-0.3, -0.25) is 0 Å². The minimum Gasteiger partial charge on any atom is -0.237 e. The van der Waals surface area contributed by atoms with Gasteiger partial charge in [-0.2, -0.15) is 0 Å². The van der Waals surface area contributed by atoms with Gasteiger partial charge in [-0.1, -0.05) is 32.0 Å². The number of benzene rings is 1. The summed E-state index contributed by atoms with van der Waals surface area (Å²) in [6, 6.07) is 8.16. The molecule has 0 radical (unpaired) electrons. The van der Waals surface area contributed by atoms with Crippen LogP contribution in [0.4, 0.5) is 0 Å². The van der Waals surface area contributed by atoms with Crippen LogP contribution in [-0.4, -0.2) is 4.21 Å². The molecule has 0 bridgehead atoms. The van der Waals surface area contributed by atoms with E-state index in [1.807, 2.05) is 18.2 Å². The van der Waals surface area contributed by atoms with Crippen molar-refractivity contribution >= 4 is 11.0 Å². The number of rotatable bonds is 1. The molecule has 2 nitrogen and oxygen atoms in total. The zero-order valence-electron chi connectivity index (χ0n) is 7.78. The molecular formula is C10H13NOS. The molecule has 0 spiro atoms. The average molecular weight is 195 g/mol. The molecule has 1 aromatic rings. The van der Waals surface area contributed by atoms with Gasteiger partial charge in [-0.25, -0.2) is 8.93 Å². The Bertz CT molecular complexity index is 349. The van der Waals surface area contributed by atoms with E-state index in [1.54, 1.807) is 0 Å². The summed E-state index contributed by atoms with van der Waals surface area (Å²) in [5.41, 5.74) is 1.19. The van der Waals surface area contributed by atoms with Crippen molar-refractivity contribution in [2.24, 2.45) is 5.92 Å². The molecule has 0 aromatic heterocycles. The maximum atomic E-state index is 11.6. The molecule has 1 aliphatic heterocycles. The van der Waals surface area contributed by atoms with Gasteiger partial charge in [-0.05, 0) is 17.5 Å². The first-order chi connectivity index (χ1) is 6.20. The summed E-state index contributed by atoms with van der Waals surface area (Å²) in [5.74, 6) is 0.479. The summed E-state index contributed by atoms with van der Waals surface area (Å²) in [4.78, 5) is 0.946. The minimum atomic E-state index is -0.998. The third-order valence-corrected chi connectivity index (χ3v) is 3.59. The van der Waals surface area contributed by atoms with Crippen LogP contribution in [0.1, 0.15) is 25.5 Å². The van der Waals surface area contributed by atoms with Crippen molar-refractivity contribution in [1.82, 2.24) is 4.72 Å². The van der Waals surface area contributed by atoms with Crippen LogP contribution >= 0.6 is 0 Å². The zero-order chi connectivity index (χ0) is 9.42. The minimum absolute atomic E-state index is 0.247. The van der Waals surface area contributed by atoms with E-state index in [4.69, 9.17) is 0 Å². The van der Waals surface area contributed by atoms with Crippen LogP contribution in [0.15, 0.2) is 29.2 Å². The lowest BCUT2D eigenvalue weighted by Crippen LogP contribution is -2.19. The Morgan fingerprint density at radius 2 is 2.08 bits per heavy atom. The molecule has 2 atom stereocenters. The lowest BCUT2D eigenvalue weighted by molar-refractivity contribution is 0.487. The molecule has 1 aromatic carbocycles. The van der Waals surface area contributed by atoms with Gasteiger partial charge < -0.3 is 0 Å². The standard InChI is InChI=1S/C10H13NOS/c1-7(2)10-8-5-3-4-6-9(8)13(12)11-10/h3-7,10-11H,1-2H3/t10-,13?/m1/s1. The van der Waals surface area contributed by atoms with Crippen LogP contribution in [0.3, 0.4) is 0 Å². The third-order valence-electron chi connectivity index (χ3n) is 2.35. The fraction of sp³-hybridized carbons (Fsp3) is 0.400. The van der Waals surface area contributed by atoms with Crippen LogP contribution in [0.5, 0.6) is 0 Å². The van der Waals surface area contributed by atoms with Gasteiger partial charge in [0.2, 0.25) is 0 Å². The van der Waals surface area contributed by atoms with Crippen molar-refractivity contribution in [3.8, 4) is 0 Å². The Morgan fingerprint density at radius 1 is 1.38 bits per heavy atom. The Kier molecular flexibility index (Phi) is 2.22. The smallest absolute Gasteiger partial charge is 0.125 e. The maximum Gasteiger partial charge on any atom is 0.125 e. The first kappa shape index (κ1) is 8.91. The SMILES string of the molecule is CC(C)[C@H]1NS(=O)c2ccccc21. The lowest BCUT2D eigenvalue weighted by Gasteiger charge is -2.14. The molecule has 0 saturated heterocycles. The summed E-state index contributed by atoms with van der Waals surface area (Å²) >= 11 is 0. The fourth-order valence-electron chi connectivity index (χ4n) is 1.64. The van der Waals surface area contributed by atoms with E-state index < -0.39 is 11.0 Å².